The average molecular weight is 400 g/mol. The Kier molecular flexibility index (Phi) is 5.34. The molecule has 4 rings (SSSR count). The maximum absolute atomic E-state index is 14.6. The summed E-state index contributed by atoms with van der Waals surface area (Å²) < 4.78 is 33.3. The molecule has 0 unspecified atom stereocenters. The number of carbonyl (C=O) groups excluding carboxylic acids is 1. The molecule has 1 amide bonds. The quantitative estimate of drug-likeness (QED) is 0.612. The highest BCUT2D eigenvalue weighted by molar-refractivity contribution is 7.13. The zero-order valence-corrected chi connectivity index (χ0v) is 15.8. The molecule has 1 aromatic heterocycles. The molecule has 4 nitrogen and oxygen atoms in total. The van der Waals surface area contributed by atoms with Crippen LogP contribution in [0.4, 0.5) is 8.78 Å². The van der Waals surface area contributed by atoms with E-state index < -0.39 is 5.82 Å². The van der Waals surface area contributed by atoms with E-state index in [2.05, 4.69) is 4.98 Å². The Bertz CT molecular complexity index is 1000. The van der Waals surface area contributed by atoms with Crippen molar-refractivity contribution in [2.45, 2.75) is 19.4 Å². The van der Waals surface area contributed by atoms with Crippen LogP contribution in [0.1, 0.15) is 28.9 Å². The summed E-state index contributed by atoms with van der Waals surface area (Å²) in [6, 6.07) is 10.6. The average Bonchev–Trinajstić information content (AvgIpc) is 3.38. The molecular formula is C21H18F2N2O2S. The molecule has 0 bridgehead atoms. The third-order valence-corrected chi connectivity index (χ3v) is 5.46. The number of thiazole rings is 1. The van der Waals surface area contributed by atoms with E-state index in [4.69, 9.17) is 4.74 Å². The molecule has 2 heterocycles. The van der Waals surface area contributed by atoms with Crippen LogP contribution in [0.2, 0.25) is 0 Å². The van der Waals surface area contributed by atoms with Crippen molar-refractivity contribution in [3.05, 3.63) is 70.7 Å². The number of halogens is 2. The summed E-state index contributed by atoms with van der Waals surface area (Å²) in [5.74, 6) is -0.581. The van der Waals surface area contributed by atoms with Gasteiger partial charge in [-0.1, -0.05) is 12.1 Å². The van der Waals surface area contributed by atoms with Gasteiger partial charge < -0.3 is 9.64 Å². The topological polar surface area (TPSA) is 42.4 Å². The highest BCUT2D eigenvalue weighted by Gasteiger charge is 2.22. The molecule has 1 fully saturated rings. The minimum Gasteiger partial charge on any atom is -0.489 e. The number of benzene rings is 2. The number of aromatic nitrogens is 1. The van der Waals surface area contributed by atoms with E-state index in [0.717, 1.165) is 25.9 Å². The molecular weight excluding hydrogens is 382 g/mol. The number of likely N-dealkylation sites (tertiary alicyclic amines) is 1. The monoisotopic (exact) mass is 400 g/mol. The molecule has 0 aliphatic carbocycles. The van der Waals surface area contributed by atoms with E-state index in [1.165, 1.54) is 29.5 Å². The Hall–Kier alpha value is -2.80. The van der Waals surface area contributed by atoms with Crippen LogP contribution < -0.4 is 4.74 Å². The Morgan fingerprint density at radius 1 is 1.14 bits per heavy atom. The van der Waals surface area contributed by atoms with Crippen LogP contribution in [-0.2, 0) is 6.61 Å². The van der Waals surface area contributed by atoms with E-state index in [1.807, 2.05) is 0 Å². The Morgan fingerprint density at radius 3 is 2.71 bits per heavy atom. The third-order valence-electron chi connectivity index (χ3n) is 4.58. The van der Waals surface area contributed by atoms with Crippen molar-refractivity contribution < 1.29 is 18.3 Å². The molecule has 28 heavy (non-hydrogen) atoms. The van der Waals surface area contributed by atoms with Crippen molar-refractivity contribution in [3.63, 3.8) is 0 Å². The summed E-state index contributed by atoms with van der Waals surface area (Å²) in [5, 5.41) is 2.13. The zero-order valence-electron chi connectivity index (χ0n) is 15.0. The maximum atomic E-state index is 14.6. The predicted molar refractivity (Wildman–Crippen MR) is 103 cm³/mol. The van der Waals surface area contributed by atoms with E-state index in [9.17, 15) is 13.6 Å². The van der Waals surface area contributed by atoms with E-state index in [1.54, 1.807) is 34.5 Å². The lowest BCUT2D eigenvalue weighted by Crippen LogP contribution is -2.27. The van der Waals surface area contributed by atoms with Gasteiger partial charge in [0.15, 0.2) is 0 Å². The number of hydrogen-bond donors (Lipinski definition) is 0. The summed E-state index contributed by atoms with van der Waals surface area (Å²) in [4.78, 5) is 18.5. The fourth-order valence-electron chi connectivity index (χ4n) is 3.13. The van der Waals surface area contributed by atoms with Crippen LogP contribution in [0.3, 0.4) is 0 Å². The Balaban J connectivity index is 1.46. The van der Waals surface area contributed by atoms with Crippen LogP contribution in [0.15, 0.2) is 47.8 Å². The molecule has 1 aliphatic rings. The summed E-state index contributed by atoms with van der Waals surface area (Å²) in [7, 11) is 0. The van der Waals surface area contributed by atoms with E-state index in [-0.39, 0.29) is 18.3 Å². The number of ether oxygens (including phenoxy) is 1. The smallest absolute Gasteiger partial charge is 0.273 e. The summed E-state index contributed by atoms with van der Waals surface area (Å²) in [6.07, 6.45) is 2.02. The van der Waals surface area contributed by atoms with E-state index >= 15 is 0 Å². The molecule has 0 N–H and O–H groups in total. The van der Waals surface area contributed by atoms with Crippen LogP contribution in [0.25, 0.3) is 10.6 Å². The molecule has 3 aromatic rings. The van der Waals surface area contributed by atoms with Gasteiger partial charge >= 0.3 is 0 Å². The second-order valence-electron chi connectivity index (χ2n) is 6.60. The van der Waals surface area contributed by atoms with Crippen molar-refractivity contribution in [2.75, 3.05) is 13.1 Å². The second kappa shape index (κ2) is 8.06. The number of nitrogens with zero attached hydrogens (tertiary/aromatic N) is 2. The first-order valence-electron chi connectivity index (χ1n) is 9.02. The van der Waals surface area contributed by atoms with Gasteiger partial charge in [0, 0.05) is 30.1 Å². The molecule has 0 atom stereocenters. The maximum Gasteiger partial charge on any atom is 0.273 e. The first-order valence-corrected chi connectivity index (χ1v) is 9.90. The fraction of sp³-hybridized carbons (Fsp3) is 0.238. The zero-order chi connectivity index (χ0) is 19.5. The van der Waals surface area contributed by atoms with Gasteiger partial charge in [-0.3, -0.25) is 4.79 Å². The third kappa shape index (κ3) is 4.04. The molecule has 7 heteroatoms. The lowest BCUT2D eigenvalue weighted by atomic mass is 10.2. The first kappa shape index (κ1) is 18.6. The highest BCUT2D eigenvalue weighted by Crippen LogP contribution is 2.30. The second-order valence-corrected chi connectivity index (χ2v) is 7.46. The van der Waals surface area contributed by atoms with Gasteiger partial charge in [0.1, 0.15) is 34.7 Å². The minimum atomic E-state index is -0.480. The molecule has 0 saturated carbocycles. The molecule has 0 radical (unpaired) electrons. The van der Waals surface area contributed by atoms with Crippen molar-refractivity contribution in [3.8, 4) is 16.3 Å². The van der Waals surface area contributed by atoms with Gasteiger partial charge in [-0.25, -0.2) is 13.8 Å². The van der Waals surface area contributed by atoms with Gasteiger partial charge in [0.2, 0.25) is 0 Å². The minimum absolute atomic E-state index is 0.101. The number of hydrogen-bond acceptors (Lipinski definition) is 4. The number of amides is 1. The molecule has 2 aromatic carbocycles. The van der Waals surface area contributed by atoms with Gasteiger partial charge in [-0.2, -0.15) is 0 Å². The molecule has 1 saturated heterocycles. The lowest BCUT2D eigenvalue weighted by molar-refractivity contribution is 0.0788. The Morgan fingerprint density at radius 2 is 1.96 bits per heavy atom. The van der Waals surface area contributed by atoms with Crippen molar-refractivity contribution in [1.82, 2.24) is 9.88 Å². The normalized spacial score (nSPS) is 13.7. The first-order chi connectivity index (χ1) is 13.6. The van der Waals surface area contributed by atoms with E-state index in [0.29, 0.717) is 27.6 Å². The summed E-state index contributed by atoms with van der Waals surface area (Å²) in [6.45, 7) is 1.64. The van der Waals surface area contributed by atoms with Gasteiger partial charge in [0.05, 0.1) is 0 Å². The standard InChI is InChI=1S/C21H18F2N2O2S/c22-15-5-3-4-14(10-15)12-27-16-6-7-17(18(23)11-16)20-24-19(13-28-20)21(26)25-8-1-2-9-25/h3-7,10-11,13H,1-2,8-9,12H2. The van der Waals surface area contributed by atoms with Crippen molar-refractivity contribution >= 4 is 17.2 Å². The van der Waals surface area contributed by atoms with Crippen molar-refractivity contribution in [1.29, 1.82) is 0 Å². The lowest BCUT2D eigenvalue weighted by Gasteiger charge is -2.12. The van der Waals surface area contributed by atoms with Gasteiger partial charge in [-0.05, 0) is 42.7 Å². The predicted octanol–water partition coefficient (Wildman–Crippen LogP) is 4.90. The highest BCUT2D eigenvalue weighted by atomic mass is 32.1. The molecule has 144 valence electrons. The van der Waals surface area contributed by atoms with Crippen LogP contribution >= 0.6 is 11.3 Å². The molecule has 1 aliphatic heterocycles. The fourth-order valence-corrected chi connectivity index (χ4v) is 3.95. The van der Waals surface area contributed by atoms with Crippen LogP contribution in [-0.4, -0.2) is 28.9 Å². The Labute approximate surface area is 165 Å². The van der Waals surface area contributed by atoms with Crippen molar-refractivity contribution in [2.24, 2.45) is 0 Å². The number of rotatable bonds is 5. The SMILES string of the molecule is O=C(c1csc(-c2ccc(OCc3cccc(F)c3)cc2F)n1)N1CCCC1. The number of carbonyl (C=O) groups is 1. The largest absolute Gasteiger partial charge is 0.489 e. The summed E-state index contributed by atoms with van der Waals surface area (Å²) in [5.41, 5.74) is 1.34. The van der Waals surface area contributed by atoms with Gasteiger partial charge in [0.25, 0.3) is 5.91 Å². The summed E-state index contributed by atoms with van der Waals surface area (Å²) >= 11 is 1.24. The van der Waals surface area contributed by atoms with Crippen LogP contribution in [0.5, 0.6) is 5.75 Å². The molecule has 0 spiro atoms. The van der Waals surface area contributed by atoms with Crippen LogP contribution in [0, 0.1) is 11.6 Å². The van der Waals surface area contributed by atoms with Gasteiger partial charge in [-0.15, -0.1) is 11.3 Å².